The van der Waals surface area contributed by atoms with Crippen molar-refractivity contribution in [2.75, 3.05) is 19.6 Å². The van der Waals surface area contributed by atoms with Crippen LogP contribution in [0.2, 0.25) is 0 Å². The van der Waals surface area contributed by atoms with Crippen LogP contribution in [-0.2, 0) is 14.6 Å². The number of ether oxygens (including phenoxy) is 1. The van der Waals surface area contributed by atoms with Gasteiger partial charge in [-0.25, -0.2) is 13.2 Å². The minimum Gasteiger partial charge on any atom is -0.430 e. The molecule has 0 bridgehead atoms. The topological polar surface area (TPSA) is 99.5 Å². The zero-order chi connectivity index (χ0) is 20.0. The van der Waals surface area contributed by atoms with Gasteiger partial charge in [-0.1, -0.05) is 37.5 Å². The molecule has 8 heteroatoms. The zero-order valence-corrected chi connectivity index (χ0v) is 16.7. The molecule has 152 valence electrons. The highest BCUT2D eigenvalue weighted by molar-refractivity contribution is 7.92. The van der Waals surface area contributed by atoms with Crippen molar-refractivity contribution < 1.29 is 17.9 Å². The normalized spacial score (nSPS) is 23.8. The number of nitrogens with one attached hydrogen (secondary N) is 1. The zero-order valence-electron chi connectivity index (χ0n) is 15.9. The molecule has 1 aliphatic carbocycles. The van der Waals surface area contributed by atoms with Gasteiger partial charge in [0.15, 0.2) is 16.1 Å². The Balaban J connectivity index is 1.73. The largest absolute Gasteiger partial charge is 0.430 e. The molecule has 1 N–H and O–H groups in total. The molecule has 1 amide bonds. The Labute approximate surface area is 166 Å². The van der Waals surface area contributed by atoms with Crippen LogP contribution in [0, 0.1) is 17.2 Å². The summed E-state index contributed by atoms with van der Waals surface area (Å²) in [5, 5.41) is 10.4. The predicted molar refractivity (Wildman–Crippen MR) is 104 cm³/mol. The Bertz CT molecular complexity index is 800. The first kappa shape index (κ1) is 20.6. The van der Waals surface area contributed by atoms with Crippen LogP contribution >= 0.6 is 0 Å². The van der Waals surface area contributed by atoms with E-state index < -0.39 is 27.4 Å². The van der Waals surface area contributed by atoms with Crippen LogP contribution in [0.4, 0.5) is 4.79 Å². The average molecular weight is 406 g/mol. The lowest BCUT2D eigenvalue weighted by Crippen LogP contribution is -2.40. The smallest absolute Gasteiger partial charge is 0.409 e. The lowest BCUT2D eigenvalue weighted by molar-refractivity contribution is 0.00368. The maximum absolute atomic E-state index is 13.0. The van der Waals surface area contributed by atoms with Gasteiger partial charge in [-0.05, 0) is 30.9 Å². The van der Waals surface area contributed by atoms with E-state index in [1.54, 1.807) is 30.3 Å². The van der Waals surface area contributed by atoms with Gasteiger partial charge in [0, 0.05) is 19.5 Å². The number of hydrogen-bond donors (Lipinski definition) is 1. The molecule has 2 aliphatic rings. The van der Waals surface area contributed by atoms with E-state index in [9.17, 15) is 13.2 Å². The molecule has 0 radical (unpaired) electrons. The second-order valence-electron chi connectivity index (χ2n) is 7.55. The lowest BCUT2D eigenvalue weighted by atomic mass is 9.89. The molecule has 1 heterocycles. The van der Waals surface area contributed by atoms with Gasteiger partial charge >= 0.3 is 6.09 Å². The van der Waals surface area contributed by atoms with Crippen LogP contribution in [0.3, 0.4) is 0 Å². The first-order valence-electron chi connectivity index (χ1n) is 9.85. The number of likely N-dealkylation sites (tertiary alicyclic amines) is 1. The summed E-state index contributed by atoms with van der Waals surface area (Å²) in [5.74, 6) is 0.500. The number of carbonyl (C=O) groups excluding carboxylic acids is 1. The average Bonchev–Trinajstić information content (AvgIpc) is 3.11. The van der Waals surface area contributed by atoms with Crippen molar-refractivity contribution in [3.8, 4) is 6.07 Å². The number of amides is 1. The Kier molecular flexibility index (Phi) is 6.92. The monoisotopic (exact) mass is 405 g/mol. The molecule has 1 saturated carbocycles. The second-order valence-corrected chi connectivity index (χ2v) is 9.77. The Morgan fingerprint density at radius 3 is 2.61 bits per heavy atom. The van der Waals surface area contributed by atoms with Crippen LogP contribution in [0.1, 0.15) is 38.5 Å². The van der Waals surface area contributed by atoms with Gasteiger partial charge in [-0.2, -0.15) is 5.26 Å². The van der Waals surface area contributed by atoms with Gasteiger partial charge < -0.3 is 10.1 Å². The summed E-state index contributed by atoms with van der Waals surface area (Å²) in [6, 6.07) is 10.3. The fourth-order valence-electron chi connectivity index (χ4n) is 4.15. The Hall–Kier alpha value is -2.11. The van der Waals surface area contributed by atoms with Gasteiger partial charge in [0.2, 0.25) is 0 Å². The summed E-state index contributed by atoms with van der Waals surface area (Å²) in [6.07, 6.45) is 4.85. The highest BCUT2D eigenvalue weighted by Gasteiger charge is 2.42. The quantitative estimate of drug-likeness (QED) is 0.731. The molecule has 28 heavy (non-hydrogen) atoms. The fraction of sp³-hybridized carbons (Fsp3) is 0.600. The Morgan fingerprint density at radius 2 is 1.93 bits per heavy atom. The van der Waals surface area contributed by atoms with Crippen molar-refractivity contribution in [1.29, 1.82) is 5.26 Å². The van der Waals surface area contributed by atoms with Crippen LogP contribution in [0.15, 0.2) is 35.2 Å². The van der Waals surface area contributed by atoms with Crippen molar-refractivity contribution in [2.45, 2.75) is 54.9 Å². The number of sulfone groups is 1. The number of alkyl carbamates (subject to hydrolysis) is 1. The third-order valence-electron chi connectivity index (χ3n) is 5.59. The number of benzene rings is 1. The predicted octanol–water partition coefficient (Wildman–Crippen LogP) is 2.69. The first-order valence-corrected chi connectivity index (χ1v) is 11.4. The molecule has 0 spiro atoms. The Morgan fingerprint density at radius 1 is 1.21 bits per heavy atom. The van der Waals surface area contributed by atoms with E-state index in [2.05, 4.69) is 5.32 Å². The molecule has 1 aromatic carbocycles. The number of carbonyl (C=O) groups is 1. The van der Waals surface area contributed by atoms with E-state index in [0.29, 0.717) is 17.4 Å². The fourth-order valence-corrected chi connectivity index (χ4v) is 5.88. The van der Waals surface area contributed by atoms with Gasteiger partial charge in [0.25, 0.3) is 0 Å². The minimum atomic E-state index is -3.50. The summed E-state index contributed by atoms with van der Waals surface area (Å²) in [4.78, 5) is 14.3. The van der Waals surface area contributed by atoms with E-state index in [4.69, 9.17) is 10.00 Å². The van der Waals surface area contributed by atoms with E-state index >= 15 is 0 Å². The molecule has 0 aromatic heterocycles. The highest BCUT2D eigenvalue weighted by atomic mass is 32.2. The van der Waals surface area contributed by atoms with E-state index in [0.717, 1.165) is 19.4 Å². The number of rotatable bonds is 6. The minimum absolute atomic E-state index is 0.139. The highest BCUT2D eigenvalue weighted by Crippen LogP contribution is 2.32. The van der Waals surface area contributed by atoms with E-state index in [1.807, 2.05) is 11.0 Å². The SMILES string of the molecule is N#CCNC(=O)O[C@H]1C[C@@H](S(=O)(=O)c2ccccc2)CN1CC1CCCCC1. The standard InChI is InChI=1S/C20H27N3O4S/c21-11-12-22-20(24)27-19-13-18(28(25,26)17-9-5-2-6-10-17)15-23(19)14-16-7-3-1-4-8-16/h2,5-6,9-10,16,18-19H,1,3-4,7-8,12-15H2,(H,22,24)/t18-,19+/m1/s1. The van der Waals surface area contributed by atoms with Gasteiger partial charge in [-0.3, -0.25) is 4.90 Å². The van der Waals surface area contributed by atoms with Crippen molar-refractivity contribution in [1.82, 2.24) is 10.2 Å². The lowest BCUT2D eigenvalue weighted by Gasteiger charge is -2.30. The molecular formula is C20H27N3O4S. The first-order chi connectivity index (χ1) is 13.5. The van der Waals surface area contributed by atoms with Crippen molar-refractivity contribution >= 4 is 15.9 Å². The van der Waals surface area contributed by atoms with Gasteiger partial charge in [-0.15, -0.1) is 0 Å². The van der Waals surface area contributed by atoms with Crippen LogP contribution in [0.25, 0.3) is 0 Å². The molecule has 2 atom stereocenters. The van der Waals surface area contributed by atoms with Crippen LogP contribution in [0.5, 0.6) is 0 Å². The molecule has 1 saturated heterocycles. The molecule has 3 rings (SSSR count). The van der Waals surface area contributed by atoms with Gasteiger partial charge in [0.05, 0.1) is 16.2 Å². The summed E-state index contributed by atoms with van der Waals surface area (Å²) in [6.45, 7) is 0.945. The maximum atomic E-state index is 13.0. The third kappa shape index (κ3) is 5.03. The summed E-state index contributed by atoms with van der Waals surface area (Å²) < 4.78 is 31.6. The summed E-state index contributed by atoms with van der Waals surface area (Å²) >= 11 is 0. The van der Waals surface area contributed by atoms with E-state index in [-0.39, 0.29) is 13.0 Å². The number of hydrogen-bond acceptors (Lipinski definition) is 6. The maximum Gasteiger partial charge on any atom is 0.409 e. The molecule has 1 aliphatic heterocycles. The van der Waals surface area contributed by atoms with Crippen molar-refractivity contribution in [3.05, 3.63) is 30.3 Å². The van der Waals surface area contributed by atoms with Crippen LogP contribution < -0.4 is 5.32 Å². The van der Waals surface area contributed by atoms with E-state index in [1.165, 1.54) is 19.3 Å². The molecule has 0 unspecified atom stereocenters. The summed E-state index contributed by atoms with van der Waals surface area (Å²) in [7, 11) is -3.50. The summed E-state index contributed by atoms with van der Waals surface area (Å²) in [5.41, 5.74) is 0. The van der Waals surface area contributed by atoms with Gasteiger partial charge in [0.1, 0.15) is 6.54 Å². The number of nitrogens with zero attached hydrogens (tertiary/aromatic N) is 2. The van der Waals surface area contributed by atoms with Crippen molar-refractivity contribution in [2.24, 2.45) is 5.92 Å². The third-order valence-corrected chi connectivity index (χ3v) is 7.74. The van der Waals surface area contributed by atoms with Crippen molar-refractivity contribution in [3.63, 3.8) is 0 Å². The van der Waals surface area contributed by atoms with Crippen LogP contribution in [-0.4, -0.2) is 50.5 Å². The molecule has 7 nitrogen and oxygen atoms in total. The second kappa shape index (κ2) is 9.39. The molecular weight excluding hydrogens is 378 g/mol. The molecule has 2 fully saturated rings. The number of nitriles is 1. The molecule has 1 aromatic rings.